The fraction of sp³-hybridized carbons (Fsp3) is 0.182. The van der Waals surface area contributed by atoms with Gasteiger partial charge in [-0.1, -0.05) is 11.8 Å². The Morgan fingerprint density at radius 1 is 1.53 bits per heavy atom. The minimum Gasteiger partial charge on any atom is -0.384 e. The van der Waals surface area contributed by atoms with Crippen molar-refractivity contribution in [1.82, 2.24) is 14.7 Å². The van der Waals surface area contributed by atoms with Crippen LogP contribution in [0.4, 0.5) is 0 Å². The Morgan fingerprint density at radius 3 is 3.05 bits per heavy atom. The number of hydrogen-bond donors (Lipinski definition) is 3. The molecule has 0 aliphatic carbocycles. The topological polar surface area (TPSA) is 95.1 Å². The Balaban J connectivity index is 2.10. The molecule has 0 saturated heterocycles. The molecular formula is C11H11N3O3S2. The van der Waals surface area contributed by atoms with E-state index in [9.17, 15) is 8.42 Å². The predicted molar refractivity (Wildman–Crippen MR) is 70.9 cm³/mol. The van der Waals surface area contributed by atoms with Crippen LogP contribution >= 0.6 is 11.3 Å². The summed E-state index contributed by atoms with van der Waals surface area (Å²) in [6, 6.07) is 1.78. The average Bonchev–Trinajstić information content (AvgIpc) is 3.05. The summed E-state index contributed by atoms with van der Waals surface area (Å²) in [6.07, 6.45) is 2.54. The van der Waals surface area contributed by atoms with Gasteiger partial charge in [0.1, 0.15) is 6.61 Å². The maximum Gasteiger partial charge on any atom is 0.257 e. The molecule has 3 N–H and O–H groups in total. The third-order valence-electron chi connectivity index (χ3n) is 2.23. The van der Waals surface area contributed by atoms with E-state index < -0.39 is 10.0 Å². The first-order chi connectivity index (χ1) is 9.13. The fourth-order valence-corrected chi connectivity index (χ4v) is 3.11. The molecule has 0 fully saturated rings. The third kappa shape index (κ3) is 3.42. The Labute approximate surface area is 114 Å². The number of sulfonamides is 1. The molecule has 0 spiro atoms. The maximum atomic E-state index is 11.9. The van der Waals surface area contributed by atoms with Gasteiger partial charge in [-0.15, -0.1) is 11.3 Å². The molecule has 0 radical (unpaired) electrons. The van der Waals surface area contributed by atoms with Crippen molar-refractivity contribution in [3.8, 4) is 11.8 Å². The number of rotatable bonds is 4. The smallest absolute Gasteiger partial charge is 0.257 e. The number of thiophene rings is 1. The summed E-state index contributed by atoms with van der Waals surface area (Å²) in [5, 5.41) is 10.5. The molecule has 0 atom stereocenters. The maximum absolute atomic E-state index is 11.9. The van der Waals surface area contributed by atoms with Gasteiger partial charge >= 0.3 is 0 Å². The molecule has 2 rings (SSSR count). The normalized spacial score (nSPS) is 11.0. The van der Waals surface area contributed by atoms with Crippen LogP contribution in [0.2, 0.25) is 0 Å². The second-order valence-corrected chi connectivity index (χ2v) is 6.19. The van der Waals surface area contributed by atoms with Gasteiger partial charge in [-0.05, 0) is 11.4 Å². The second kappa shape index (κ2) is 5.99. The van der Waals surface area contributed by atoms with Crippen molar-refractivity contribution in [2.75, 3.05) is 6.61 Å². The van der Waals surface area contributed by atoms with E-state index in [1.165, 1.54) is 23.9 Å². The van der Waals surface area contributed by atoms with Crippen LogP contribution in [0.25, 0.3) is 0 Å². The first kappa shape index (κ1) is 13.8. The van der Waals surface area contributed by atoms with Gasteiger partial charge in [0.25, 0.3) is 10.0 Å². The van der Waals surface area contributed by atoms with Crippen molar-refractivity contribution >= 4 is 21.4 Å². The Hall–Kier alpha value is -1.66. The number of nitrogens with zero attached hydrogens (tertiary/aromatic N) is 1. The quantitative estimate of drug-likeness (QED) is 0.707. The number of imidazole rings is 1. The summed E-state index contributed by atoms with van der Waals surface area (Å²) < 4.78 is 26.2. The van der Waals surface area contributed by atoms with E-state index in [1.807, 2.05) is 5.38 Å². The molecule has 2 heterocycles. The minimum absolute atomic E-state index is 0.0204. The lowest BCUT2D eigenvalue weighted by Gasteiger charge is -2.03. The Kier molecular flexibility index (Phi) is 4.34. The van der Waals surface area contributed by atoms with Gasteiger partial charge in [0.15, 0.2) is 5.03 Å². The van der Waals surface area contributed by atoms with Crippen LogP contribution in [0.1, 0.15) is 10.4 Å². The molecule has 0 aromatic carbocycles. The minimum atomic E-state index is -3.59. The first-order valence-corrected chi connectivity index (χ1v) is 7.64. The summed E-state index contributed by atoms with van der Waals surface area (Å²) >= 11 is 1.40. The highest BCUT2D eigenvalue weighted by Gasteiger charge is 2.15. The first-order valence-electron chi connectivity index (χ1n) is 5.27. The predicted octanol–water partition coefficient (Wildman–Crippen LogP) is 0.294. The van der Waals surface area contributed by atoms with Crippen molar-refractivity contribution in [1.29, 1.82) is 0 Å². The largest absolute Gasteiger partial charge is 0.384 e. The van der Waals surface area contributed by atoms with Crippen molar-refractivity contribution in [2.24, 2.45) is 0 Å². The Morgan fingerprint density at radius 2 is 2.37 bits per heavy atom. The van der Waals surface area contributed by atoms with Gasteiger partial charge in [0.2, 0.25) is 0 Å². The van der Waals surface area contributed by atoms with Crippen LogP contribution < -0.4 is 4.72 Å². The summed E-state index contributed by atoms with van der Waals surface area (Å²) in [5.74, 6) is 5.30. The van der Waals surface area contributed by atoms with Gasteiger partial charge < -0.3 is 10.1 Å². The molecule has 2 aromatic rings. The average molecular weight is 297 g/mol. The fourth-order valence-electron chi connectivity index (χ4n) is 1.35. The molecule has 0 unspecified atom stereocenters. The summed E-state index contributed by atoms with van der Waals surface area (Å²) in [6.45, 7) is -0.0797. The molecular weight excluding hydrogens is 286 g/mol. The Bertz CT molecular complexity index is 693. The van der Waals surface area contributed by atoms with E-state index in [0.717, 1.165) is 4.88 Å². The number of aromatic nitrogens is 2. The van der Waals surface area contributed by atoms with Crippen molar-refractivity contribution in [2.45, 2.75) is 11.6 Å². The van der Waals surface area contributed by atoms with Gasteiger partial charge in [-0.25, -0.2) is 18.1 Å². The van der Waals surface area contributed by atoms with Crippen LogP contribution in [0, 0.1) is 11.8 Å². The van der Waals surface area contributed by atoms with E-state index in [0.29, 0.717) is 5.56 Å². The van der Waals surface area contributed by atoms with E-state index in [1.54, 1.807) is 6.07 Å². The molecule has 0 amide bonds. The second-order valence-electron chi connectivity index (χ2n) is 3.46. The number of nitrogens with one attached hydrogen (secondary N) is 2. The number of aliphatic hydroxyl groups is 1. The molecule has 0 saturated carbocycles. The van der Waals surface area contributed by atoms with Crippen molar-refractivity contribution in [3.05, 3.63) is 34.4 Å². The lowest BCUT2D eigenvalue weighted by molar-refractivity contribution is 0.350. The van der Waals surface area contributed by atoms with Crippen molar-refractivity contribution in [3.63, 3.8) is 0 Å². The van der Waals surface area contributed by atoms with Crippen LogP contribution in [-0.4, -0.2) is 30.1 Å². The molecule has 8 heteroatoms. The highest BCUT2D eigenvalue weighted by Crippen LogP contribution is 2.16. The van der Waals surface area contributed by atoms with Crippen LogP contribution in [0.3, 0.4) is 0 Å². The standard InChI is InChI=1S/C11H11N3O3S2/c15-4-1-2-9-3-5-18-10(9)6-14-19(16,17)11-7-12-8-13-11/h3,5,7-8,14-15H,4,6H2,(H,12,13). The molecule has 19 heavy (non-hydrogen) atoms. The molecule has 2 aromatic heterocycles. The SMILES string of the molecule is O=S(=O)(NCc1sccc1C#CCO)c1cnc[nH]1. The number of hydrogen-bond acceptors (Lipinski definition) is 5. The van der Waals surface area contributed by atoms with E-state index in [4.69, 9.17) is 5.11 Å². The zero-order valence-corrected chi connectivity index (χ0v) is 11.4. The highest BCUT2D eigenvalue weighted by molar-refractivity contribution is 7.89. The molecule has 100 valence electrons. The summed E-state index contributed by atoms with van der Waals surface area (Å²) in [4.78, 5) is 7.00. The van der Waals surface area contributed by atoms with E-state index >= 15 is 0 Å². The monoisotopic (exact) mass is 297 g/mol. The summed E-state index contributed by atoms with van der Waals surface area (Å²) in [7, 11) is -3.59. The van der Waals surface area contributed by atoms with Crippen LogP contribution in [-0.2, 0) is 16.6 Å². The van der Waals surface area contributed by atoms with Gasteiger partial charge in [-0.3, -0.25) is 0 Å². The van der Waals surface area contributed by atoms with Crippen molar-refractivity contribution < 1.29 is 13.5 Å². The lowest BCUT2D eigenvalue weighted by atomic mass is 10.2. The number of aliphatic hydroxyl groups excluding tert-OH is 1. The molecule has 0 bridgehead atoms. The third-order valence-corrected chi connectivity index (χ3v) is 4.48. The molecule has 0 aliphatic heterocycles. The zero-order valence-electron chi connectivity index (χ0n) is 9.75. The highest BCUT2D eigenvalue weighted by atomic mass is 32.2. The van der Waals surface area contributed by atoms with Gasteiger partial charge in [0, 0.05) is 17.0 Å². The van der Waals surface area contributed by atoms with E-state index in [-0.39, 0.29) is 18.2 Å². The van der Waals surface area contributed by atoms with Crippen LogP contribution in [0.15, 0.2) is 29.0 Å². The molecule has 0 aliphatic rings. The lowest BCUT2D eigenvalue weighted by Crippen LogP contribution is -2.23. The van der Waals surface area contributed by atoms with Gasteiger partial charge in [-0.2, -0.15) is 0 Å². The van der Waals surface area contributed by atoms with Crippen LogP contribution in [0.5, 0.6) is 0 Å². The number of aromatic amines is 1. The molecule has 6 nitrogen and oxygen atoms in total. The van der Waals surface area contributed by atoms with Gasteiger partial charge in [0.05, 0.1) is 12.5 Å². The zero-order chi connectivity index (χ0) is 13.7. The summed E-state index contributed by atoms with van der Waals surface area (Å²) in [5.41, 5.74) is 0.714. The van der Waals surface area contributed by atoms with E-state index in [2.05, 4.69) is 26.5 Å². The number of H-pyrrole nitrogens is 1.